The van der Waals surface area contributed by atoms with Gasteiger partial charge < -0.3 is 15.4 Å². The largest absolute Gasteiger partial charge is 0.484 e. The van der Waals surface area contributed by atoms with Crippen molar-refractivity contribution < 1.29 is 13.9 Å². The van der Waals surface area contributed by atoms with Gasteiger partial charge in [-0.15, -0.1) is 0 Å². The van der Waals surface area contributed by atoms with Crippen LogP contribution < -0.4 is 10.5 Å². The Hall–Kier alpha value is -2.70. The van der Waals surface area contributed by atoms with E-state index in [2.05, 4.69) is 9.97 Å². The molecule has 1 amide bonds. The molecule has 24 heavy (non-hydrogen) atoms. The molecule has 1 aromatic carbocycles. The highest BCUT2D eigenvalue weighted by Gasteiger charge is 2.31. The average molecular weight is 330 g/mol. The van der Waals surface area contributed by atoms with Crippen LogP contribution in [0.25, 0.3) is 0 Å². The zero-order valence-electron chi connectivity index (χ0n) is 13.4. The number of halogens is 1. The molecule has 1 fully saturated rings. The van der Waals surface area contributed by atoms with E-state index in [1.165, 1.54) is 12.1 Å². The molecule has 126 valence electrons. The topological polar surface area (TPSA) is 81.3 Å². The van der Waals surface area contributed by atoms with Gasteiger partial charge in [-0.3, -0.25) is 4.79 Å². The molecule has 0 saturated carbocycles. The first-order valence-electron chi connectivity index (χ1n) is 7.82. The number of hydrogen-bond acceptors (Lipinski definition) is 5. The predicted molar refractivity (Wildman–Crippen MR) is 86.8 cm³/mol. The van der Waals surface area contributed by atoms with Gasteiger partial charge in [-0.2, -0.15) is 0 Å². The van der Waals surface area contributed by atoms with Crippen LogP contribution in [0.2, 0.25) is 0 Å². The molecule has 1 aliphatic rings. The van der Waals surface area contributed by atoms with Crippen molar-refractivity contribution in [2.75, 3.05) is 18.9 Å². The van der Waals surface area contributed by atoms with E-state index >= 15 is 0 Å². The van der Waals surface area contributed by atoms with Gasteiger partial charge in [0.05, 0.1) is 11.7 Å². The van der Waals surface area contributed by atoms with E-state index in [-0.39, 0.29) is 18.6 Å². The summed E-state index contributed by atoms with van der Waals surface area (Å²) in [6, 6.07) is 7.32. The summed E-state index contributed by atoms with van der Waals surface area (Å²) in [7, 11) is 0. The molecule has 2 heterocycles. The summed E-state index contributed by atoms with van der Waals surface area (Å²) < 4.78 is 18.6. The van der Waals surface area contributed by atoms with Crippen LogP contribution in [0.1, 0.15) is 30.4 Å². The van der Waals surface area contributed by atoms with Gasteiger partial charge in [-0.1, -0.05) is 6.07 Å². The second-order valence-electron chi connectivity index (χ2n) is 5.76. The molecule has 0 bridgehead atoms. The van der Waals surface area contributed by atoms with E-state index in [9.17, 15) is 9.18 Å². The number of benzene rings is 1. The summed E-state index contributed by atoms with van der Waals surface area (Å²) in [5, 5.41) is 0. The second kappa shape index (κ2) is 6.82. The van der Waals surface area contributed by atoms with Gasteiger partial charge >= 0.3 is 0 Å². The van der Waals surface area contributed by atoms with Gasteiger partial charge in [0.1, 0.15) is 23.2 Å². The molecular formula is C17H19FN4O2. The number of amides is 1. The standard InChI is InChI=1S/C17H19FN4O2/c1-11-20-14(9-16(19)21-11)15-6-3-7-22(15)17(23)10-24-13-5-2-4-12(18)8-13/h2,4-5,8-9,15H,3,6-7,10H2,1H3,(H2,19,20,21)/t15-/m0/s1. The molecule has 1 aliphatic heterocycles. The molecule has 1 atom stereocenters. The highest BCUT2D eigenvalue weighted by Crippen LogP contribution is 2.31. The molecule has 7 heteroatoms. The lowest BCUT2D eigenvalue weighted by molar-refractivity contribution is -0.134. The minimum Gasteiger partial charge on any atom is -0.484 e. The third-order valence-electron chi connectivity index (χ3n) is 3.95. The van der Waals surface area contributed by atoms with Gasteiger partial charge in [0.2, 0.25) is 0 Å². The molecule has 2 aromatic rings. The minimum atomic E-state index is -0.397. The van der Waals surface area contributed by atoms with Crippen molar-refractivity contribution in [2.45, 2.75) is 25.8 Å². The van der Waals surface area contributed by atoms with Crippen LogP contribution in [-0.2, 0) is 4.79 Å². The summed E-state index contributed by atoms with van der Waals surface area (Å²) in [6.07, 6.45) is 1.71. The highest BCUT2D eigenvalue weighted by molar-refractivity contribution is 5.78. The number of nitrogens with zero attached hydrogens (tertiary/aromatic N) is 3. The zero-order valence-corrected chi connectivity index (χ0v) is 13.4. The molecule has 1 saturated heterocycles. The molecule has 2 N–H and O–H groups in total. The smallest absolute Gasteiger partial charge is 0.261 e. The summed E-state index contributed by atoms with van der Waals surface area (Å²) in [6.45, 7) is 2.27. The number of aromatic nitrogens is 2. The normalized spacial score (nSPS) is 17.1. The van der Waals surface area contributed by atoms with E-state index < -0.39 is 5.82 Å². The average Bonchev–Trinajstić information content (AvgIpc) is 3.01. The van der Waals surface area contributed by atoms with Gasteiger partial charge in [0, 0.05) is 18.7 Å². The van der Waals surface area contributed by atoms with Crippen molar-refractivity contribution in [3.05, 3.63) is 47.7 Å². The molecular weight excluding hydrogens is 311 g/mol. The van der Waals surface area contributed by atoms with Crippen molar-refractivity contribution in [1.29, 1.82) is 0 Å². The van der Waals surface area contributed by atoms with E-state index in [0.717, 1.165) is 18.5 Å². The van der Waals surface area contributed by atoms with Crippen LogP contribution in [0.4, 0.5) is 10.2 Å². The SMILES string of the molecule is Cc1nc(N)cc([C@@H]2CCCN2C(=O)COc2cccc(F)c2)n1. The number of aryl methyl sites for hydroxylation is 1. The molecule has 6 nitrogen and oxygen atoms in total. The summed E-state index contributed by atoms with van der Waals surface area (Å²) in [5.41, 5.74) is 6.53. The third-order valence-corrected chi connectivity index (χ3v) is 3.95. The first-order valence-corrected chi connectivity index (χ1v) is 7.82. The number of carbonyl (C=O) groups is 1. The lowest BCUT2D eigenvalue weighted by atomic mass is 10.1. The zero-order chi connectivity index (χ0) is 17.1. The van der Waals surface area contributed by atoms with Crippen molar-refractivity contribution in [3.8, 4) is 5.75 Å². The summed E-state index contributed by atoms with van der Waals surface area (Å²) >= 11 is 0. The van der Waals surface area contributed by atoms with Crippen LogP contribution in [0, 0.1) is 12.7 Å². The molecule has 0 aliphatic carbocycles. The van der Waals surface area contributed by atoms with Crippen LogP contribution in [0.5, 0.6) is 5.75 Å². The van der Waals surface area contributed by atoms with Crippen molar-refractivity contribution in [3.63, 3.8) is 0 Å². The summed E-state index contributed by atoms with van der Waals surface area (Å²) in [4.78, 5) is 22.7. The number of carbonyl (C=O) groups excluding carboxylic acids is 1. The summed E-state index contributed by atoms with van der Waals surface area (Å²) in [5.74, 6) is 0.761. The fraction of sp³-hybridized carbons (Fsp3) is 0.353. The van der Waals surface area contributed by atoms with Crippen molar-refractivity contribution in [1.82, 2.24) is 14.9 Å². The van der Waals surface area contributed by atoms with Gasteiger partial charge in [-0.05, 0) is 31.9 Å². The second-order valence-corrected chi connectivity index (χ2v) is 5.76. The first-order chi connectivity index (χ1) is 11.5. The lowest BCUT2D eigenvalue weighted by Gasteiger charge is -2.24. The van der Waals surface area contributed by atoms with Crippen LogP contribution >= 0.6 is 0 Å². The predicted octanol–water partition coefficient (Wildman–Crippen LogP) is 2.25. The van der Waals surface area contributed by atoms with Crippen molar-refractivity contribution >= 4 is 11.7 Å². The monoisotopic (exact) mass is 330 g/mol. The molecule has 0 radical (unpaired) electrons. The van der Waals surface area contributed by atoms with E-state index in [1.807, 2.05) is 0 Å². The Morgan fingerprint density at radius 1 is 1.42 bits per heavy atom. The number of hydrogen-bond donors (Lipinski definition) is 1. The van der Waals surface area contributed by atoms with Crippen LogP contribution in [0.3, 0.4) is 0 Å². The number of nitrogen functional groups attached to an aromatic ring is 1. The molecule has 3 rings (SSSR count). The lowest BCUT2D eigenvalue weighted by Crippen LogP contribution is -2.35. The number of anilines is 1. The van der Waals surface area contributed by atoms with Crippen LogP contribution in [-0.4, -0.2) is 33.9 Å². The van der Waals surface area contributed by atoms with Gasteiger partial charge in [0.25, 0.3) is 5.91 Å². The Morgan fingerprint density at radius 3 is 3.00 bits per heavy atom. The van der Waals surface area contributed by atoms with Crippen LogP contribution in [0.15, 0.2) is 30.3 Å². The Kier molecular flexibility index (Phi) is 4.59. The Labute approximate surface area is 139 Å². The first kappa shape index (κ1) is 16.2. The van der Waals surface area contributed by atoms with Crippen molar-refractivity contribution in [2.24, 2.45) is 0 Å². The van der Waals surface area contributed by atoms with Gasteiger partial charge in [0.15, 0.2) is 6.61 Å². The molecule has 1 aromatic heterocycles. The number of ether oxygens (including phenoxy) is 1. The number of rotatable bonds is 4. The fourth-order valence-corrected chi connectivity index (χ4v) is 2.94. The maximum atomic E-state index is 13.2. The maximum Gasteiger partial charge on any atom is 0.261 e. The van der Waals surface area contributed by atoms with E-state index in [4.69, 9.17) is 10.5 Å². The van der Waals surface area contributed by atoms with E-state index in [0.29, 0.717) is 23.9 Å². The quantitative estimate of drug-likeness (QED) is 0.930. The van der Waals surface area contributed by atoms with E-state index in [1.54, 1.807) is 30.0 Å². The number of nitrogens with two attached hydrogens (primary N) is 1. The Bertz CT molecular complexity index is 733. The molecule has 0 spiro atoms. The van der Waals surface area contributed by atoms with Gasteiger partial charge in [-0.25, -0.2) is 14.4 Å². The fourth-order valence-electron chi connectivity index (χ4n) is 2.94. The maximum absolute atomic E-state index is 13.2. The minimum absolute atomic E-state index is 0.127. The molecule has 0 unspecified atom stereocenters. The number of likely N-dealkylation sites (tertiary alicyclic amines) is 1. The Morgan fingerprint density at radius 2 is 2.25 bits per heavy atom. The third kappa shape index (κ3) is 3.61. The highest BCUT2D eigenvalue weighted by atomic mass is 19.1. The Balaban J connectivity index is 1.69.